The Morgan fingerprint density at radius 2 is 2.19 bits per heavy atom. The lowest BCUT2D eigenvalue weighted by atomic mass is 10.2. The van der Waals surface area contributed by atoms with Crippen LogP contribution in [0.1, 0.15) is 19.0 Å². The molecule has 2 aromatic rings. The molecule has 4 nitrogen and oxygen atoms in total. The van der Waals surface area contributed by atoms with E-state index in [4.69, 9.17) is 16.3 Å². The van der Waals surface area contributed by atoms with E-state index in [1.807, 2.05) is 0 Å². The fraction of sp³-hybridized carbons (Fsp3) is 0.286. The summed E-state index contributed by atoms with van der Waals surface area (Å²) in [6, 6.07) is 5.77. The molecule has 0 atom stereocenters. The molecule has 1 amide bonds. The highest BCUT2D eigenvalue weighted by Crippen LogP contribution is 2.31. The van der Waals surface area contributed by atoms with E-state index in [1.54, 1.807) is 19.1 Å². The molecular weight excluding hydrogens is 302 g/mol. The number of likely N-dealkylation sites (N-methyl/N-ethyl adjacent to an activating group) is 1. The van der Waals surface area contributed by atoms with Gasteiger partial charge < -0.3 is 10.1 Å². The highest BCUT2D eigenvalue weighted by Gasteiger charge is 2.15. The third kappa shape index (κ3) is 3.78. The molecule has 0 saturated carbocycles. The fourth-order valence-corrected chi connectivity index (χ4v) is 1.98. The first-order valence-electron chi connectivity index (χ1n) is 6.29. The molecule has 7 heteroatoms. The number of carbonyl (C=O) groups excluding carboxylic acids is 1. The molecule has 0 aliphatic carbocycles. The molecule has 112 valence electrons. The number of benzene rings is 1. The number of rotatable bonds is 5. The van der Waals surface area contributed by atoms with Crippen LogP contribution < -0.4 is 10.1 Å². The van der Waals surface area contributed by atoms with Crippen molar-refractivity contribution in [3.63, 3.8) is 0 Å². The molecule has 1 N–H and O–H groups in total. The first kappa shape index (κ1) is 15.4. The van der Waals surface area contributed by atoms with Crippen LogP contribution in [0.3, 0.4) is 0 Å². The van der Waals surface area contributed by atoms with Gasteiger partial charge in [-0.1, -0.05) is 11.6 Å². The molecule has 0 unspecified atom stereocenters. The Hall–Kier alpha value is -1.95. The maximum Gasteiger partial charge on any atom is 0.280 e. The van der Waals surface area contributed by atoms with E-state index in [9.17, 15) is 13.6 Å². The van der Waals surface area contributed by atoms with Crippen molar-refractivity contribution in [3.8, 4) is 5.75 Å². The second kappa shape index (κ2) is 6.67. The van der Waals surface area contributed by atoms with Gasteiger partial charge in [-0.2, -0.15) is 0 Å². The van der Waals surface area contributed by atoms with Gasteiger partial charge in [-0.25, -0.2) is 13.8 Å². The number of nitrogens with one attached hydrogen (secondary N) is 1. The van der Waals surface area contributed by atoms with Crippen molar-refractivity contribution in [3.05, 3.63) is 35.0 Å². The van der Waals surface area contributed by atoms with Gasteiger partial charge in [0.2, 0.25) is 0 Å². The van der Waals surface area contributed by atoms with E-state index in [2.05, 4.69) is 10.3 Å². The number of amides is 1. The number of aromatic nitrogens is 1. The maximum atomic E-state index is 12.9. The van der Waals surface area contributed by atoms with Crippen molar-refractivity contribution < 1.29 is 18.3 Å². The molecule has 0 spiro atoms. The second-order valence-corrected chi connectivity index (χ2v) is 4.69. The van der Waals surface area contributed by atoms with Gasteiger partial charge in [-0.15, -0.1) is 0 Å². The van der Waals surface area contributed by atoms with Crippen LogP contribution in [0, 0.1) is 0 Å². The summed E-state index contributed by atoms with van der Waals surface area (Å²) in [5.41, 5.74) is -0.0705. The smallest absolute Gasteiger partial charge is 0.280 e. The number of alkyl halides is 2. The summed E-state index contributed by atoms with van der Waals surface area (Å²) in [5.74, 6) is -0.174. The molecule has 21 heavy (non-hydrogen) atoms. The van der Waals surface area contributed by atoms with Gasteiger partial charge in [-0.05, 0) is 25.1 Å². The summed E-state index contributed by atoms with van der Waals surface area (Å²) in [6.45, 7) is 1.98. The third-order valence-corrected chi connectivity index (χ3v) is 2.94. The SMILES string of the molecule is CCNC(=O)COc1cc(C(F)F)nc2ccc(Cl)cc12. The number of hydrogen-bond acceptors (Lipinski definition) is 3. The normalized spacial score (nSPS) is 10.9. The van der Waals surface area contributed by atoms with Crippen molar-refractivity contribution in [2.45, 2.75) is 13.3 Å². The van der Waals surface area contributed by atoms with Crippen LogP contribution >= 0.6 is 11.6 Å². The lowest BCUT2D eigenvalue weighted by Crippen LogP contribution is -2.28. The molecule has 0 radical (unpaired) electrons. The lowest BCUT2D eigenvalue weighted by molar-refractivity contribution is -0.122. The number of halogens is 3. The van der Waals surface area contributed by atoms with Crippen molar-refractivity contribution in [1.82, 2.24) is 10.3 Å². The minimum Gasteiger partial charge on any atom is -0.483 e. The first-order chi connectivity index (χ1) is 10.0. The number of pyridine rings is 1. The van der Waals surface area contributed by atoms with Gasteiger partial charge in [0.25, 0.3) is 12.3 Å². The Morgan fingerprint density at radius 3 is 2.86 bits per heavy atom. The zero-order chi connectivity index (χ0) is 15.4. The van der Waals surface area contributed by atoms with Gasteiger partial charge in [0.1, 0.15) is 11.4 Å². The first-order valence-corrected chi connectivity index (χ1v) is 6.67. The van der Waals surface area contributed by atoms with E-state index < -0.39 is 12.1 Å². The molecule has 0 aliphatic heterocycles. The van der Waals surface area contributed by atoms with Crippen LogP contribution in [-0.4, -0.2) is 24.0 Å². The molecule has 0 saturated heterocycles. The predicted molar refractivity (Wildman–Crippen MR) is 75.9 cm³/mol. The van der Waals surface area contributed by atoms with E-state index in [-0.39, 0.29) is 18.3 Å². The van der Waals surface area contributed by atoms with Crippen molar-refractivity contribution in [2.75, 3.05) is 13.2 Å². The summed E-state index contributed by atoms with van der Waals surface area (Å²) >= 11 is 5.89. The fourth-order valence-electron chi connectivity index (χ4n) is 1.81. The van der Waals surface area contributed by atoms with Crippen LogP contribution in [0.2, 0.25) is 5.02 Å². The molecule has 0 bridgehead atoms. The molecule has 1 aromatic carbocycles. The summed E-state index contributed by atoms with van der Waals surface area (Å²) < 4.78 is 31.0. The molecular formula is C14H13ClF2N2O2. The zero-order valence-electron chi connectivity index (χ0n) is 11.2. The zero-order valence-corrected chi connectivity index (χ0v) is 12.0. The number of carbonyl (C=O) groups is 1. The Bertz CT molecular complexity index is 665. The maximum absolute atomic E-state index is 12.9. The van der Waals surface area contributed by atoms with E-state index in [1.165, 1.54) is 6.07 Å². The Balaban J connectivity index is 2.38. The van der Waals surface area contributed by atoms with Crippen LogP contribution in [0.4, 0.5) is 8.78 Å². The van der Waals surface area contributed by atoms with Gasteiger partial charge in [-0.3, -0.25) is 4.79 Å². The second-order valence-electron chi connectivity index (χ2n) is 4.25. The van der Waals surface area contributed by atoms with Crippen LogP contribution in [0.15, 0.2) is 24.3 Å². The molecule has 1 heterocycles. The Morgan fingerprint density at radius 1 is 1.43 bits per heavy atom. The minimum atomic E-state index is -2.73. The highest BCUT2D eigenvalue weighted by molar-refractivity contribution is 6.31. The number of nitrogens with zero attached hydrogens (tertiary/aromatic N) is 1. The third-order valence-electron chi connectivity index (χ3n) is 2.71. The van der Waals surface area contributed by atoms with Crippen LogP contribution in [0.25, 0.3) is 10.9 Å². The Labute approximate surface area is 125 Å². The topological polar surface area (TPSA) is 51.2 Å². The number of hydrogen-bond donors (Lipinski definition) is 1. The number of fused-ring (bicyclic) bond motifs is 1. The van der Waals surface area contributed by atoms with Crippen LogP contribution in [-0.2, 0) is 4.79 Å². The average molecular weight is 315 g/mol. The van der Waals surface area contributed by atoms with Gasteiger partial charge in [0.05, 0.1) is 5.52 Å². The van der Waals surface area contributed by atoms with Gasteiger partial charge >= 0.3 is 0 Å². The molecule has 0 fully saturated rings. The summed E-state index contributed by atoms with van der Waals surface area (Å²) in [6.07, 6.45) is -2.73. The Kier molecular flexibility index (Phi) is 4.90. The van der Waals surface area contributed by atoms with Gasteiger partial charge in [0.15, 0.2) is 6.61 Å². The standard InChI is InChI=1S/C14H13ClF2N2O2/c1-2-18-13(20)7-21-12-6-11(14(16)17)19-10-4-3-8(15)5-9(10)12/h3-6,14H,2,7H2,1H3,(H,18,20). The molecule has 0 aliphatic rings. The predicted octanol–water partition coefficient (Wildman–Crippen LogP) is 3.34. The number of ether oxygens (including phenoxy) is 1. The quantitative estimate of drug-likeness (QED) is 0.921. The van der Waals surface area contributed by atoms with Gasteiger partial charge in [0, 0.05) is 23.0 Å². The van der Waals surface area contributed by atoms with E-state index >= 15 is 0 Å². The largest absolute Gasteiger partial charge is 0.483 e. The van der Waals surface area contributed by atoms with E-state index in [0.29, 0.717) is 22.5 Å². The van der Waals surface area contributed by atoms with Crippen molar-refractivity contribution >= 4 is 28.4 Å². The van der Waals surface area contributed by atoms with Crippen LogP contribution in [0.5, 0.6) is 5.75 Å². The summed E-state index contributed by atoms with van der Waals surface area (Å²) in [4.78, 5) is 15.3. The van der Waals surface area contributed by atoms with E-state index in [0.717, 1.165) is 6.07 Å². The minimum absolute atomic E-state index is 0.157. The lowest BCUT2D eigenvalue weighted by Gasteiger charge is -2.11. The molecule has 1 aromatic heterocycles. The highest BCUT2D eigenvalue weighted by atomic mass is 35.5. The van der Waals surface area contributed by atoms with Crippen molar-refractivity contribution in [1.29, 1.82) is 0 Å². The summed E-state index contributed by atoms with van der Waals surface area (Å²) in [7, 11) is 0. The average Bonchev–Trinajstić information content (AvgIpc) is 2.44. The van der Waals surface area contributed by atoms with Crippen molar-refractivity contribution in [2.24, 2.45) is 0 Å². The molecule has 2 rings (SSSR count). The summed E-state index contributed by atoms with van der Waals surface area (Å²) in [5, 5.41) is 3.47. The monoisotopic (exact) mass is 314 g/mol.